The largest absolute Gasteiger partial charge is 0.504 e. The zero-order chi connectivity index (χ0) is 10.6. The summed E-state index contributed by atoms with van der Waals surface area (Å²) < 4.78 is 9.76. The lowest BCUT2D eigenvalue weighted by Gasteiger charge is -2.10. The van der Waals surface area contributed by atoms with E-state index in [1.807, 2.05) is 0 Å². The van der Waals surface area contributed by atoms with Crippen LogP contribution in [0.4, 0.5) is 0 Å². The van der Waals surface area contributed by atoms with Crippen molar-refractivity contribution >= 4 is 6.29 Å². The SMILES string of the molecule is COc1ccc(C(C=O)OC)cc1O. The van der Waals surface area contributed by atoms with Crippen molar-refractivity contribution in [2.45, 2.75) is 6.10 Å². The van der Waals surface area contributed by atoms with Crippen molar-refractivity contribution in [2.24, 2.45) is 0 Å². The van der Waals surface area contributed by atoms with Gasteiger partial charge in [-0.2, -0.15) is 0 Å². The van der Waals surface area contributed by atoms with Gasteiger partial charge >= 0.3 is 0 Å². The van der Waals surface area contributed by atoms with Crippen LogP contribution in [0.25, 0.3) is 0 Å². The highest BCUT2D eigenvalue weighted by molar-refractivity contribution is 5.61. The summed E-state index contributed by atoms with van der Waals surface area (Å²) in [5.74, 6) is 0.364. The first-order chi connectivity index (χ1) is 6.72. The van der Waals surface area contributed by atoms with Crippen LogP contribution in [-0.2, 0) is 9.53 Å². The number of hydrogen-bond donors (Lipinski definition) is 1. The van der Waals surface area contributed by atoms with Gasteiger partial charge in [0.05, 0.1) is 7.11 Å². The number of carbonyl (C=O) groups is 1. The normalized spacial score (nSPS) is 12.1. The molecule has 1 aromatic rings. The molecule has 0 aromatic heterocycles. The Morgan fingerprint density at radius 2 is 2.14 bits per heavy atom. The first-order valence-electron chi connectivity index (χ1n) is 4.08. The quantitative estimate of drug-likeness (QED) is 0.737. The number of rotatable bonds is 4. The molecule has 1 atom stereocenters. The molecule has 0 saturated heterocycles. The molecule has 0 spiro atoms. The standard InChI is InChI=1S/C10H12O4/c1-13-9-4-3-7(5-8(9)12)10(6-11)14-2/h3-6,10,12H,1-2H3. The van der Waals surface area contributed by atoms with Crippen molar-refractivity contribution in [1.82, 2.24) is 0 Å². The lowest BCUT2D eigenvalue weighted by molar-refractivity contribution is -0.116. The molecular formula is C10H12O4. The van der Waals surface area contributed by atoms with E-state index in [0.29, 0.717) is 17.6 Å². The fourth-order valence-electron chi connectivity index (χ4n) is 1.15. The second-order valence-corrected chi connectivity index (χ2v) is 2.72. The third kappa shape index (κ3) is 2.03. The molecule has 0 heterocycles. The summed E-state index contributed by atoms with van der Waals surface area (Å²) >= 11 is 0. The predicted octanol–water partition coefficient (Wildman–Crippen LogP) is 1.29. The molecule has 1 aromatic carbocycles. The van der Waals surface area contributed by atoms with Gasteiger partial charge in [0, 0.05) is 7.11 Å². The van der Waals surface area contributed by atoms with E-state index in [2.05, 4.69) is 0 Å². The first kappa shape index (κ1) is 10.5. The number of phenolic OH excluding ortho intramolecular Hbond substituents is 1. The topological polar surface area (TPSA) is 55.8 Å². The van der Waals surface area contributed by atoms with Crippen LogP contribution in [-0.4, -0.2) is 25.6 Å². The van der Waals surface area contributed by atoms with Crippen LogP contribution in [0.2, 0.25) is 0 Å². The zero-order valence-corrected chi connectivity index (χ0v) is 8.06. The highest BCUT2D eigenvalue weighted by Gasteiger charge is 2.11. The Kier molecular flexibility index (Phi) is 3.48. The third-order valence-corrected chi connectivity index (χ3v) is 1.91. The van der Waals surface area contributed by atoms with E-state index >= 15 is 0 Å². The Morgan fingerprint density at radius 3 is 2.57 bits per heavy atom. The summed E-state index contributed by atoms with van der Waals surface area (Å²) in [6, 6.07) is 4.70. The molecule has 1 unspecified atom stereocenters. The number of ether oxygens (including phenoxy) is 2. The average Bonchev–Trinajstić information content (AvgIpc) is 2.20. The van der Waals surface area contributed by atoms with Crippen molar-refractivity contribution < 1.29 is 19.4 Å². The highest BCUT2D eigenvalue weighted by Crippen LogP contribution is 2.29. The second-order valence-electron chi connectivity index (χ2n) is 2.72. The van der Waals surface area contributed by atoms with Crippen LogP contribution in [0.15, 0.2) is 18.2 Å². The van der Waals surface area contributed by atoms with E-state index in [0.717, 1.165) is 0 Å². The minimum atomic E-state index is -0.646. The van der Waals surface area contributed by atoms with Gasteiger partial charge in [-0.1, -0.05) is 6.07 Å². The average molecular weight is 196 g/mol. The van der Waals surface area contributed by atoms with E-state index in [1.165, 1.54) is 20.3 Å². The number of benzene rings is 1. The summed E-state index contributed by atoms with van der Waals surface area (Å²) in [5.41, 5.74) is 0.598. The lowest BCUT2D eigenvalue weighted by atomic mass is 10.1. The fourth-order valence-corrected chi connectivity index (χ4v) is 1.15. The summed E-state index contributed by atoms with van der Waals surface area (Å²) in [4.78, 5) is 10.6. The fraction of sp³-hybridized carbons (Fsp3) is 0.300. The first-order valence-corrected chi connectivity index (χ1v) is 4.08. The molecule has 14 heavy (non-hydrogen) atoms. The highest BCUT2D eigenvalue weighted by atomic mass is 16.5. The van der Waals surface area contributed by atoms with Gasteiger partial charge in [0.25, 0.3) is 0 Å². The summed E-state index contributed by atoms with van der Waals surface area (Å²) in [7, 11) is 2.89. The number of methoxy groups -OCH3 is 2. The molecular weight excluding hydrogens is 184 g/mol. The molecule has 76 valence electrons. The Balaban J connectivity index is 3.01. The van der Waals surface area contributed by atoms with Gasteiger partial charge in [0.15, 0.2) is 17.8 Å². The molecule has 1 rings (SSSR count). The van der Waals surface area contributed by atoms with Gasteiger partial charge in [-0.05, 0) is 17.7 Å². The van der Waals surface area contributed by atoms with Crippen molar-refractivity contribution in [3.05, 3.63) is 23.8 Å². The smallest absolute Gasteiger partial charge is 0.160 e. The number of aldehydes is 1. The van der Waals surface area contributed by atoms with E-state index in [9.17, 15) is 9.90 Å². The van der Waals surface area contributed by atoms with Crippen LogP contribution >= 0.6 is 0 Å². The third-order valence-electron chi connectivity index (χ3n) is 1.91. The summed E-state index contributed by atoms with van der Waals surface area (Å²) in [5, 5.41) is 9.43. The van der Waals surface area contributed by atoms with Crippen molar-refractivity contribution in [1.29, 1.82) is 0 Å². The van der Waals surface area contributed by atoms with Crippen LogP contribution in [0.3, 0.4) is 0 Å². The molecule has 4 heteroatoms. The van der Waals surface area contributed by atoms with E-state index in [1.54, 1.807) is 12.1 Å². The minimum Gasteiger partial charge on any atom is -0.504 e. The van der Waals surface area contributed by atoms with Gasteiger partial charge in [-0.25, -0.2) is 0 Å². The molecule has 0 fully saturated rings. The maximum atomic E-state index is 10.6. The number of hydrogen-bond acceptors (Lipinski definition) is 4. The second kappa shape index (κ2) is 4.62. The van der Waals surface area contributed by atoms with Crippen LogP contribution in [0, 0.1) is 0 Å². The molecule has 0 amide bonds. The number of phenols is 1. The molecule has 0 saturated carbocycles. The molecule has 0 radical (unpaired) electrons. The van der Waals surface area contributed by atoms with Crippen LogP contribution < -0.4 is 4.74 Å². The Hall–Kier alpha value is -1.55. The van der Waals surface area contributed by atoms with Crippen LogP contribution in [0.1, 0.15) is 11.7 Å². The molecule has 1 N–H and O–H groups in total. The molecule has 0 bridgehead atoms. The van der Waals surface area contributed by atoms with Crippen molar-refractivity contribution in [2.75, 3.05) is 14.2 Å². The van der Waals surface area contributed by atoms with Crippen LogP contribution in [0.5, 0.6) is 11.5 Å². The van der Waals surface area contributed by atoms with Gasteiger partial charge < -0.3 is 19.4 Å². The number of carbonyl (C=O) groups excluding carboxylic acids is 1. The van der Waals surface area contributed by atoms with Crippen molar-refractivity contribution in [3.8, 4) is 11.5 Å². The summed E-state index contributed by atoms with van der Waals surface area (Å²) in [6.45, 7) is 0. The van der Waals surface area contributed by atoms with Gasteiger partial charge in [0.1, 0.15) is 6.10 Å². The maximum absolute atomic E-state index is 10.6. The Labute approximate surface area is 82.1 Å². The molecule has 0 aliphatic carbocycles. The van der Waals surface area contributed by atoms with Crippen molar-refractivity contribution in [3.63, 3.8) is 0 Å². The lowest BCUT2D eigenvalue weighted by Crippen LogP contribution is -2.02. The Bertz CT molecular complexity index is 322. The van der Waals surface area contributed by atoms with E-state index in [-0.39, 0.29) is 5.75 Å². The van der Waals surface area contributed by atoms with Gasteiger partial charge in [-0.3, -0.25) is 0 Å². The zero-order valence-electron chi connectivity index (χ0n) is 8.06. The van der Waals surface area contributed by atoms with E-state index in [4.69, 9.17) is 9.47 Å². The molecule has 0 aliphatic heterocycles. The predicted molar refractivity (Wildman–Crippen MR) is 50.5 cm³/mol. The number of aromatic hydroxyl groups is 1. The molecule has 4 nitrogen and oxygen atoms in total. The Morgan fingerprint density at radius 1 is 1.43 bits per heavy atom. The monoisotopic (exact) mass is 196 g/mol. The van der Waals surface area contributed by atoms with Gasteiger partial charge in [0.2, 0.25) is 0 Å². The van der Waals surface area contributed by atoms with Gasteiger partial charge in [-0.15, -0.1) is 0 Å². The minimum absolute atomic E-state index is 0.00565. The van der Waals surface area contributed by atoms with E-state index < -0.39 is 6.10 Å². The summed E-state index contributed by atoms with van der Waals surface area (Å²) in [6.07, 6.45) is 0.0214. The molecule has 0 aliphatic rings. The maximum Gasteiger partial charge on any atom is 0.160 e.